The molecule has 0 atom stereocenters. The van der Waals surface area contributed by atoms with Gasteiger partial charge in [-0.2, -0.15) is 0 Å². The van der Waals surface area contributed by atoms with E-state index in [9.17, 15) is 4.39 Å². The minimum Gasteiger partial charge on any atom is -0.371 e. The number of ether oxygens (including phenoxy) is 1. The van der Waals surface area contributed by atoms with Crippen molar-refractivity contribution in [3.8, 4) is 0 Å². The summed E-state index contributed by atoms with van der Waals surface area (Å²) in [6.45, 7) is 4.36. The van der Waals surface area contributed by atoms with E-state index in [1.165, 1.54) is 12.4 Å². The fourth-order valence-electron chi connectivity index (χ4n) is 2.81. The molecule has 0 N–H and O–H groups in total. The second kappa shape index (κ2) is 5.02. The lowest BCUT2D eigenvalue weighted by Crippen LogP contribution is -2.56. The molecule has 0 saturated carbocycles. The first-order valence-electron chi connectivity index (χ1n) is 6.72. The zero-order valence-corrected chi connectivity index (χ0v) is 11.2. The number of hydrogen-bond acceptors (Lipinski definition) is 5. The van der Waals surface area contributed by atoms with E-state index in [1.54, 1.807) is 0 Å². The number of nitrogens with zero attached hydrogens (tertiary/aromatic N) is 4. The Bertz CT molecular complexity index is 431. The number of hydrogen-bond donors (Lipinski definition) is 0. The molecule has 0 radical (unpaired) electrons. The fourth-order valence-corrected chi connectivity index (χ4v) is 2.81. The highest BCUT2D eigenvalue weighted by atomic mass is 19.1. The topological polar surface area (TPSA) is 41.5 Å². The van der Waals surface area contributed by atoms with Crippen LogP contribution >= 0.6 is 0 Å². The van der Waals surface area contributed by atoms with E-state index in [4.69, 9.17) is 4.74 Å². The highest BCUT2D eigenvalue weighted by Gasteiger charge is 2.39. The predicted octanol–water partition coefficient (Wildman–Crippen LogP) is 0.917. The van der Waals surface area contributed by atoms with Crippen molar-refractivity contribution in [3.63, 3.8) is 0 Å². The van der Waals surface area contributed by atoms with Gasteiger partial charge in [0.1, 0.15) is 0 Å². The van der Waals surface area contributed by atoms with Crippen LogP contribution in [-0.2, 0) is 4.74 Å². The Kier molecular flexibility index (Phi) is 3.36. The minimum absolute atomic E-state index is 0.0808. The van der Waals surface area contributed by atoms with Gasteiger partial charge in [0, 0.05) is 19.6 Å². The highest BCUT2D eigenvalue weighted by molar-refractivity contribution is 5.30. The van der Waals surface area contributed by atoms with Crippen LogP contribution in [0, 0.1) is 5.82 Å². The summed E-state index contributed by atoms with van der Waals surface area (Å²) >= 11 is 0. The van der Waals surface area contributed by atoms with E-state index in [0.717, 1.165) is 39.0 Å². The number of halogens is 1. The van der Waals surface area contributed by atoms with Gasteiger partial charge in [-0.1, -0.05) is 0 Å². The third-order valence-corrected chi connectivity index (χ3v) is 4.04. The molecular weight excluding hydrogens is 247 g/mol. The molecule has 5 nitrogen and oxygen atoms in total. The van der Waals surface area contributed by atoms with Gasteiger partial charge in [-0.15, -0.1) is 0 Å². The number of aromatic nitrogens is 2. The van der Waals surface area contributed by atoms with Gasteiger partial charge >= 0.3 is 0 Å². The molecule has 1 aromatic heterocycles. The molecule has 2 aliphatic heterocycles. The first-order valence-corrected chi connectivity index (χ1v) is 6.72. The van der Waals surface area contributed by atoms with E-state index >= 15 is 0 Å². The maximum atomic E-state index is 12.9. The van der Waals surface area contributed by atoms with Gasteiger partial charge in [0.15, 0.2) is 5.82 Å². The molecule has 1 spiro atoms. The average molecular weight is 266 g/mol. The third kappa shape index (κ3) is 2.69. The van der Waals surface area contributed by atoms with Crippen LogP contribution in [0.15, 0.2) is 12.4 Å². The largest absolute Gasteiger partial charge is 0.371 e. The lowest BCUT2D eigenvalue weighted by Gasteiger charge is -2.46. The Morgan fingerprint density at radius 3 is 2.58 bits per heavy atom. The van der Waals surface area contributed by atoms with Crippen LogP contribution in [0.1, 0.15) is 12.8 Å². The molecule has 2 fully saturated rings. The van der Waals surface area contributed by atoms with Gasteiger partial charge in [-0.3, -0.25) is 0 Å². The van der Waals surface area contributed by atoms with Gasteiger partial charge < -0.3 is 14.5 Å². The molecule has 0 aromatic carbocycles. The van der Waals surface area contributed by atoms with Crippen LogP contribution in [0.5, 0.6) is 0 Å². The van der Waals surface area contributed by atoms with Crippen molar-refractivity contribution in [2.75, 3.05) is 44.7 Å². The van der Waals surface area contributed by atoms with Crippen molar-refractivity contribution in [2.24, 2.45) is 0 Å². The molecule has 0 unspecified atom stereocenters. The van der Waals surface area contributed by atoms with Crippen molar-refractivity contribution in [3.05, 3.63) is 18.2 Å². The van der Waals surface area contributed by atoms with E-state index in [0.29, 0.717) is 12.6 Å². The Hall–Kier alpha value is -1.27. The molecule has 2 saturated heterocycles. The van der Waals surface area contributed by atoms with Crippen LogP contribution in [0.3, 0.4) is 0 Å². The Morgan fingerprint density at radius 1 is 1.21 bits per heavy atom. The molecule has 1 aromatic rings. The Balaban J connectivity index is 1.72. The van der Waals surface area contributed by atoms with Crippen LogP contribution in [0.4, 0.5) is 10.3 Å². The van der Waals surface area contributed by atoms with E-state index in [-0.39, 0.29) is 5.60 Å². The third-order valence-electron chi connectivity index (χ3n) is 4.04. The van der Waals surface area contributed by atoms with Gasteiger partial charge in [0.05, 0.1) is 31.1 Å². The zero-order chi connectivity index (χ0) is 13.3. The Morgan fingerprint density at radius 2 is 1.89 bits per heavy atom. The number of likely N-dealkylation sites (tertiary alicyclic amines) is 1. The standard InChI is InChI=1S/C13H19FN4O/c1-17-4-2-13(3-5-17)10-18(6-7-19-13)12-15-8-11(14)9-16-12/h8-9H,2-7,10H2,1H3. The average Bonchev–Trinajstić information content (AvgIpc) is 2.44. The summed E-state index contributed by atoms with van der Waals surface area (Å²) in [5.41, 5.74) is -0.0808. The Labute approximate surface area is 112 Å². The molecule has 3 heterocycles. The quantitative estimate of drug-likeness (QED) is 0.756. The first kappa shape index (κ1) is 12.7. The summed E-state index contributed by atoms with van der Waals surface area (Å²) in [5, 5.41) is 0. The monoisotopic (exact) mass is 266 g/mol. The van der Waals surface area contributed by atoms with Crippen molar-refractivity contribution >= 4 is 5.95 Å². The van der Waals surface area contributed by atoms with Crippen molar-refractivity contribution < 1.29 is 9.13 Å². The normalized spacial score (nSPS) is 23.8. The van der Waals surface area contributed by atoms with Crippen molar-refractivity contribution in [2.45, 2.75) is 18.4 Å². The SMILES string of the molecule is CN1CCC2(CC1)CN(c1ncc(F)cn1)CCO2. The molecule has 19 heavy (non-hydrogen) atoms. The molecule has 0 bridgehead atoms. The van der Waals surface area contributed by atoms with Crippen molar-refractivity contribution in [1.82, 2.24) is 14.9 Å². The lowest BCUT2D eigenvalue weighted by atomic mass is 9.89. The molecule has 6 heteroatoms. The maximum Gasteiger partial charge on any atom is 0.225 e. The first-order chi connectivity index (χ1) is 9.17. The van der Waals surface area contributed by atoms with E-state index in [1.807, 2.05) is 0 Å². The number of anilines is 1. The summed E-state index contributed by atoms with van der Waals surface area (Å²) in [7, 11) is 2.14. The van der Waals surface area contributed by atoms with E-state index < -0.39 is 5.82 Å². The summed E-state index contributed by atoms with van der Waals surface area (Å²) in [6.07, 6.45) is 4.50. The fraction of sp³-hybridized carbons (Fsp3) is 0.692. The number of rotatable bonds is 1. The molecule has 0 aliphatic carbocycles. The summed E-state index contributed by atoms with van der Waals surface area (Å²) in [4.78, 5) is 12.6. The summed E-state index contributed by atoms with van der Waals surface area (Å²) in [5.74, 6) is 0.203. The molecule has 0 amide bonds. The maximum absolute atomic E-state index is 12.9. The minimum atomic E-state index is -0.397. The number of morpholine rings is 1. The summed E-state index contributed by atoms with van der Waals surface area (Å²) < 4.78 is 18.9. The second-order valence-electron chi connectivity index (χ2n) is 5.46. The van der Waals surface area contributed by atoms with Crippen molar-refractivity contribution in [1.29, 1.82) is 0 Å². The second-order valence-corrected chi connectivity index (χ2v) is 5.46. The smallest absolute Gasteiger partial charge is 0.225 e. The van der Waals surface area contributed by atoms with Gasteiger partial charge in [0.2, 0.25) is 5.95 Å². The molecule has 104 valence electrons. The van der Waals surface area contributed by atoms with Gasteiger partial charge in [0.25, 0.3) is 0 Å². The van der Waals surface area contributed by atoms with Crippen LogP contribution in [0.25, 0.3) is 0 Å². The van der Waals surface area contributed by atoms with Crippen LogP contribution in [0.2, 0.25) is 0 Å². The summed E-state index contributed by atoms with van der Waals surface area (Å²) in [6, 6.07) is 0. The predicted molar refractivity (Wildman–Crippen MR) is 69.6 cm³/mol. The van der Waals surface area contributed by atoms with E-state index in [2.05, 4.69) is 26.8 Å². The lowest BCUT2D eigenvalue weighted by molar-refractivity contribution is -0.0886. The molecular formula is C13H19FN4O. The molecule has 2 aliphatic rings. The number of piperidine rings is 1. The van der Waals surface area contributed by atoms with Crippen LogP contribution in [-0.4, -0.2) is 60.3 Å². The highest BCUT2D eigenvalue weighted by Crippen LogP contribution is 2.30. The van der Waals surface area contributed by atoms with Crippen LogP contribution < -0.4 is 4.90 Å². The zero-order valence-electron chi connectivity index (χ0n) is 11.2. The molecule has 3 rings (SSSR count). The van der Waals surface area contributed by atoms with Gasteiger partial charge in [-0.25, -0.2) is 14.4 Å². The van der Waals surface area contributed by atoms with Gasteiger partial charge in [-0.05, 0) is 19.9 Å².